The summed E-state index contributed by atoms with van der Waals surface area (Å²) in [5.74, 6) is 0. The first kappa shape index (κ1) is 32.8. The summed E-state index contributed by atoms with van der Waals surface area (Å²) in [5.41, 5.74) is 16.3. The van der Waals surface area contributed by atoms with Crippen molar-refractivity contribution >= 4 is 71.7 Å². The molecular weight excluding hydrogens is 707 g/mol. The molecule has 9 aromatic carbocycles. The monoisotopic (exact) mass is 743 g/mol. The second kappa shape index (κ2) is 12.3. The molecule has 0 atom stereocenters. The number of furan rings is 2. The van der Waals surface area contributed by atoms with Gasteiger partial charge in [0, 0.05) is 50.0 Å². The Kier molecular flexibility index (Phi) is 6.98. The lowest BCUT2D eigenvalue weighted by Gasteiger charge is -2.30. The zero-order valence-corrected chi connectivity index (χ0v) is 32.2. The van der Waals surface area contributed by atoms with Crippen LogP contribution in [0.15, 0.2) is 197 Å². The normalized spacial score (nSPS) is 13.1. The van der Waals surface area contributed by atoms with Crippen LogP contribution in [0.1, 0.15) is 25.0 Å². The summed E-state index contributed by atoms with van der Waals surface area (Å²) in [6.45, 7) is 4.69. The Labute approximate surface area is 336 Å². The third-order valence-corrected chi connectivity index (χ3v) is 12.5. The fourth-order valence-corrected chi connectivity index (χ4v) is 9.69. The predicted octanol–water partition coefficient (Wildman–Crippen LogP) is 15.7. The van der Waals surface area contributed by atoms with Gasteiger partial charge < -0.3 is 13.7 Å². The molecule has 0 unspecified atom stereocenters. The van der Waals surface area contributed by atoms with E-state index in [1.54, 1.807) is 0 Å². The standard InChI is InChI=1S/C55H37NO2/c1-55(2)46-19-8-5-15-41(46)42-28-26-37(32-47(42)55)56(38-27-29-44-43-16-6-9-20-49(43)58-52(44)33-38)48-30-31-51-54(45-17-7-10-21-50(45)57-51)53(48)36-24-22-35(23-25-36)40-18-11-13-34-12-3-4-14-39(34)40/h3-33H,1-2H3. The quantitative estimate of drug-likeness (QED) is 0.176. The Morgan fingerprint density at radius 2 is 1.00 bits per heavy atom. The summed E-state index contributed by atoms with van der Waals surface area (Å²) in [7, 11) is 0. The van der Waals surface area contributed by atoms with Gasteiger partial charge in [-0.1, -0.05) is 147 Å². The van der Waals surface area contributed by atoms with Crippen molar-refractivity contribution in [3.05, 3.63) is 199 Å². The van der Waals surface area contributed by atoms with Crippen LogP contribution in [-0.4, -0.2) is 0 Å². The molecule has 58 heavy (non-hydrogen) atoms. The van der Waals surface area contributed by atoms with Crippen LogP contribution in [0.2, 0.25) is 0 Å². The molecule has 0 bridgehead atoms. The first-order valence-corrected chi connectivity index (χ1v) is 20.0. The Hall–Kier alpha value is -7.36. The van der Waals surface area contributed by atoms with E-state index in [4.69, 9.17) is 8.83 Å². The van der Waals surface area contributed by atoms with Gasteiger partial charge >= 0.3 is 0 Å². The first-order chi connectivity index (χ1) is 28.5. The number of rotatable bonds is 5. The Morgan fingerprint density at radius 1 is 0.397 bits per heavy atom. The van der Waals surface area contributed by atoms with E-state index in [0.717, 1.165) is 72.1 Å². The maximum absolute atomic E-state index is 6.58. The third-order valence-electron chi connectivity index (χ3n) is 12.5. The second-order valence-corrected chi connectivity index (χ2v) is 16.0. The molecule has 2 heterocycles. The highest BCUT2D eigenvalue weighted by Crippen LogP contribution is 2.53. The molecule has 0 aliphatic heterocycles. The topological polar surface area (TPSA) is 29.5 Å². The predicted molar refractivity (Wildman–Crippen MR) is 242 cm³/mol. The zero-order valence-electron chi connectivity index (χ0n) is 32.2. The average Bonchev–Trinajstić information content (AvgIpc) is 3.91. The lowest BCUT2D eigenvalue weighted by atomic mass is 9.82. The van der Waals surface area contributed by atoms with Gasteiger partial charge in [-0.2, -0.15) is 0 Å². The van der Waals surface area contributed by atoms with Crippen LogP contribution in [-0.2, 0) is 5.41 Å². The fraction of sp³-hybridized carbons (Fsp3) is 0.0545. The zero-order chi connectivity index (χ0) is 38.5. The molecular formula is C55H37NO2. The molecule has 2 aromatic heterocycles. The molecule has 3 nitrogen and oxygen atoms in total. The Balaban J connectivity index is 1.13. The molecule has 0 spiro atoms. The van der Waals surface area contributed by atoms with Gasteiger partial charge in [0.2, 0.25) is 0 Å². The molecule has 274 valence electrons. The van der Waals surface area contributed by atoms with E-state index in [1.165, 1.54) is 44.2 Å². The van der Waals surface area contributed by atoms with Gasteiger partial charge in [0.25, 0.3) is 0 Å². The third kappa shape index (κ3) is 4.80. The van der Waals surface area contributed by atoms with Crippen molar-refractivity contribution in [2.24, 2.45) is 0 Å². The number of benzene rings is 9. The SMILES string of the molecule is CC1(C)c2ccccc2-c2ccc(N(c3ccc4c(c3)oc3ccccc34)c3ccc4oc5ccccc5c4c3-c3ccc(-c4cccc5ccccc45)cc3)cc21. The van der Waals surface area contributed by atoms with E-state index in [1.807, 2.05) is 18.2 Å². The van der Waals surface area contributed by atoms with E-state index in [0.29, 0.717) is 0 Å². The summed E-state index contributed by atoms with van der Waals surface area (Å²) < 4.78 is 13.1. The van der Waals surface area contributed by atoms with Crippen molar-refractivity contribution in [1.82, 2.24) is 0 Å². The fourth-order valence-electron chi connectivity index (χ4n) is 9.69. The van der Waals surface area contributed by atoms with Crippen molar-refractivity contribution in [2.75, 3.05) is 4.90 Å². The molecule has 0 saturated heterocycles. The van der Waals surface area contributed by atoms with Gasteiger partial charge in [-0.15, -0.1) is 0 Å². The smallest absolute Gasteiger partial charge is 0.137 e. The number of nitrogens with zero attached hydrogens (tertiary/aromatic N) is 1. The van der Waals surface area contributed by atoms with E-state index < -0.39 is 0 Å². The molecule has 0 N–H and O–H groups in total. The van der Waals surface area contributed by atoms with E-state index in [2.05, 4.69) is 189 Å². The second-order valence-electron chi connectivity index (χ2n) is 16.0. The molecule has 0 saturated carbocycles. The van der Waals surface area contributed by atoms with Crippen LogP contribution < -0.4 is 4.90 Å². The van der Waals surface area contributed by atoms with E-state index in [-0.39, 0.29) is 5.41 Å². The molecule has 0 amide bonds. The van der Waals surface area contributed by atoms with Gasteiger partial charge in [-0.25, -0.2) is 0 Å². The summed E-state index contributed by atoms with van der Waals surface area (Å²) in [4.78, 5) is 2.42. The van der Waals surface area contributed by atoms with Crippen molar-refractivity contribution in [3.63, 3.8) is 0 Å². The molecule has 12 rings (SSSR count). The van der Waals surface area contributed by atoms with Gasteiger partial charge in [0.1, 0.15) is 22.3 Å². The van der Waals surface area contributed by atoms with Gasteiger partial charge in [0.05, 0.1) is 5.69 Å². The summed E-state index contributed by atoms with van der Waals surface area (Å²) in [5, 5.41) is 6.88. The maximum atomic E-state index is 6.58. The Bertz CT molecular complexity index is 3430. The first-order valence-electron chi connectivity index (χ1n) is 20.0. The number of para-hydroxylation sites is 2. The minimum atomic E-state index is -0.165. The molecule has 1 aliphatic carbocycles. The van der Waals surface area contributed by atoms with Crippen LogP contribution in [0, 0.1) is 0 Å². The average molecular weight is 744 g/mol. The van der Waals surface area contributed by atoms with Crippen molar-refractivity contribution in [1.29, 1.82) is 0 Å². The number of hydrogen-bond acceptors (Lipinski definition) is 3. The van der Waals surface area contributed by atoms with Crippen LogP contribution in [0.25, 0.3) is 88.0 Å². The largest absolute Gasteiger partial charge is 0.456 e. The van der Waals surface area contributed by atoms with Crippen LogP contribution in [0.3, 0.4) is 0 Å². The van der Waals surface area contributed by atoms with Crippen molar-refractivity contribution in [3.8, 4) is 33.4 Å². The minimum absolute atomic E-state index is 0.165. The maximum Gasteiger partial charge on any atom is 0.137 e. The number of anilines is 3. The molecule has 0 fully saturated rings. The Morgan fingerprint density at radius 3 is 1.86 bits per heavy atom. The van der Waals surface area contributed by atoms with Crippen LogP contribution in [0.5, 0.6) is 0 Å². The highest BCUT2D eigenvalue weighted by atomic mass is 16.3. The summed E-state index contributed by atoms with van der Waals surface area (Å²) in [6, 6.07) is 67.8. The molecule has 1 aliphatic rings. The molecule has 11 aromatic rings. The van der Waals surface area contributed by atoms with Gasteiger partial charge in [-0.05, 0) is 98.2 Å². The highest BCUT2D eigenvalue weighted by Gasteiger charge is 2.36. The summed E-state index contributed by atoms with van der Waals surface area (Å²) in [6.07, 6.45) is 0. The molecule has 3 heteroatoms. The van der Waals surface area contributed by atoms with E-state index >= 15 is 0 Å². The summed E-state index contributed by atoms with van der Waals surface area (Å²) >= 11 is 0. The van der Waals surface area contributed by atoms with Crippen LogP contribution in [0.4, 0.5) is 17.1 Å². The van der Waals surface area contributed by atoms with Crippen molar-refractivity contribution in [2.45, 2.75) is 19.3 Å². The van der Waals surface area contributed by atoms with Crippen LogP contribution >= 0.6 is 0 Å². The number of fused-ring (bicyclic) bond motifs is 10. The number of hydrogen-bond donors (Lipinski definition) is 0. The van der Waals surface area contributed by atoms with Gasteiger partial charge in [-0.3, -0.25) is 0 Å². The molecule has 0 radical (unpaired) electrons. The van der Waals surface area contributed by atoms with Crippen molar-refractivity contribution < 1.29 is 8.83 Å². The lowest BCUT2D eigenvalue weighted by Crippen LogP contribution is -2.17. The minimum Gasteiger partial charge on any atom is -0.456 e. The highest BCUT2D eigenvalue weighted by molar-refractivity contribution is 6.17. The van der Waals surface area contributed by atoms with Gasteiger partial charge in [0.15, 0.2) is 0 Å². The van der Waals surface area contributed by atoms with E-state index in [9.17, 15) is 0 Å². The lowest BCUT2D eigenvalue weighted by molar-refractivity contribution is 0.660.